The number of aryl methyl sites for hydroxylation is 1. The smallest absolute Gasteiger partial charge is 0.220 e. The van der Waals surface area contributed by atoms with Gasteiger partial charge in [-0.2, -0.15) is 5.10 Å². The van der Waals surface area contributed by atoms with Gasteiger partial charge in [0, 0.05) is 38.0 Å². The van der Waals surface area contributed by atoms with E-state index < -0.39 is 0 Å². The quantitative estimate of drug-likeness (QED) is 0.612. The number of nitrogens with zero attached hydrogens (tertiary/aromatic N) is 2. The van der Waals surface area contributed by atoms with E-state index in [4.69, 9.17) is 0 Å². The van der Waals surface area contributed by atoms with Gasteiger partial charge in [0.25, 0.3) is 0 Å². The molecule has 1 aromatic heterocycles. The summed E-state index contributed by atoms with van der Waals surface area (Å²) in [5, 5.41) is 8.10. The van der Waals surface area contributed by atoms with E-state index >= 15 is 0 Å². The average molecular weight is 288 g/mol. The molecule has 0 bridgehead atoms. The van der Waals surface area contributed by atoms with Gasteiger partial charge in [-0.25, -0.2) is 0 Å². The maximum absolute atomic E-state index is 11.4. The lowest BCUT2D eigenvalue weighted by molar-refractivity contribution is -0.121. The number of nitrogens with one attached hydrogen (secondary N) is 1. The molecule has 0 unspecified atom stereocenters. The van der Waals surface area contributed by atoms with Crippen LogP contribution in [-0.2, 0) is 18.3 Å². The molecular weight excluding hydrogens is 270 g/mol. The number of rotatable bonds is 7. The third kappa shape index (κ3) is 5.30. The first kappa shape index (κ1) is 13.2. The van der Waals surface area contributed by atoms with Crippen molar-refractivity contribution in [2.75, 3.05) is 11.9 Å². The van der Waals surface area contributed by atoms with Crippen LogP contribution in [0.15, 0.2) is 12.3 Å². The first-order chi connectivity index (χ1) is 7.72. The Bertz CT molecular complexity index is 325. The Balaban J connectivity index is 2.08. The van der Waals surface area contributed by atoms with Gasteiger partial charge < -0.3 is 5.32 Å². The van der Waals surface area contributed by atoms with Crippen LogP contribution in [0, 0.1) is 0 Å². The molecule has 0 atom stereocenters. The van der Waals surface area contributed by atoms with Crippen LogP contribution in [0.1, 0.15) is 25.0 Å². The number of unbranched alkanes of at least 4 members (excludes halogenated alkanes) is 1. The molecule has 0 radical (unpaired) electrons. The summed E-state index contributed by atoms with van der Waals surface area (Å²) in [6.45, 7) is 0.671. The van der Waals surface area contributed by atoms with Gasteiger partial charge in [0.1, 0.15) is 0 Å². The Morgan fingerprint density at radius 3 is 3.00 bits per heavy atom. The minimum Gasteiger partial charge on any atom is -0.356 e. The highest BCUT2D eigenvalue weighted by atomic mass is 79.9. The van der Waals surface area contributed by atoms with E-state index in [9.17, 15) is 4.79 Å². The van der Waals surface area contributed by atoms with Gasteiger partial charge in [-0.1, -0.05) is 15.9 Å². The average Bonchev–Trinajstić information content (AvgIpc) is 2.65. The van der Waals surface area contributed by atoms with E-state index in [1.165, 1.54) is 0 Å². The van der Waals surface area contributed by atoms with Crippen LogP contribution in [0.3, 0.4) is 0 Å². The molecule has 1 amide bonds. The van der Waals surface area contributed by atoms with Gasteiger partial charge in [0.15, 0.2) is 0 Å². The second kappa shape index (κ2) is 7.44. The Morgan fingerprint density at radius 2 is 2.38 bits per heavy atom. The predicted molar refractivity (Wildman–Crippen MR) is 67.6 cm³/mol. The fourth-order valence-electron chi connectivity index (χ4n) is 1.39. The lowest BCUT2D eigenvalue weighted by Gasteiger charge is -2.03. The van der Waals surface area contributed by atoms with Gasteiger partial charge in [-0.05, 0) is 18.9 Å². The van der Waals surface area contributed by atoms with Crippen molar-refractivity contribution in [3.63, 3.8) is 0 Å². The summed E-state index contributed by atoms with van der Waals surface area (Å²) in [7, 11) is 1.89. The molecule has 4 nitrogen and oxygen atoms in total. The SMILES string of the molecule is Cn1ccc(CCNC(=O)CCCCBr)n1. The van der Waals surface area contributed by atoms with Crippen LogP contribution in [0.2, 0.25) is 0 Å². The maximum atomic E-state index is 11.4. The summed E-state index contributed by atoms with van der Waals surface area (Å²) >= 11 is 3.34. The fourth-order valence-corrected chi connectivity index (χ4v) is 1.79. The number of amides is 1. The number of carbonyl (C=O) groups excluding carboxylic acids is 1. The third-order valence-electron chi connectivity index (χ3n) is 2.26. The maximum Gasteiger partial charge on any atom is 0.220 e. The minimum absolute atomic E-state index is 0.136. The highest BCUT2D eigenvalue weighted by molar-refractivity contribution is 9.09. The van der Waals surface area contributed by atoms with E-state index in [2.05, 4.69) is 26.3 Å². The normalized spacial score (nSPS) is 10.4. The summed E-state index contributed by atoms with van der Waals surface area (Å²) in [5.41, 5.74) is 1.02. The summed E-state index contributed by atoms with van der Waals surface area (Å²) < 4.78 is 1.77. The zero-order chi connectivity index (χ0) is 11.8. The Morgan fingerprint density at radius 1 is 1.56 bits per heavy atom. The second-order valence-electron chi connectivity index (χ2n) is 3.73. The van der Waals surface area contributed by atoms with Crippen LogP contribution in [-0.4, -0.2) is 27.6 Å². The minimum atomic E-state index is 0.136. The number of carbonyl (C=O) groups is 1. The number of halogens is 1. The first-order valence-corrected chi connectivity index (χ1v) is 6.65. The van der Waals surface area contributed by atoms with Crippen molar-refractivity contribution < 1.29 is 4.79 Å². The molecule has 90 valence electrons. The molecular formula is C11H18BrN3O. The standard InChI is InChI=1S/C11H18BrN3O/c1-15-9-6-10(14-15)5-8-13-11(16)4-2-3-7-12/h6,9H,2-5,7-8H2,1H3,(H,13,16). The van der Waals surface area contributed by atoms with Crippen molar-refractivity contribution in [1.29, 1.82) is 0 Å². The molecule has 0 saturated carbocycles. The monoisotopic (exact) mass is 287 g/mol. The largest absolute Gasteiger partial charge is 0.356 e. The predicted octanol–water partition coefficient (Wildman–Crippen LogP) is 1.64. The number of alkyl halides is 1. The molecule has 0 aliphatic rings. The van der Waals surface area contributed by atoms with Crippen LogP contribution in [0.25, 0.3) is 0 Å². The van der Waals surface area contributed by atoms with Gasteiger partial charge in [0.2, 0.25) is 5.91 Å². The summed E-state index contributed by atoms with van der Waals surface area (Å²) in [4.78, 5) is 11.4. The molecule has 16 heavy (non-hydrogen) atoms. The van der Waals surface area contributed by atoms with Crippen LogP contribution < -0.4 is 5.32 Å². The van der Waals surface area contributed by atoms with Crippen LogP contribution in [0.5, 0.6) is 0 Å². The zero-order valence-electron chi connectivity index (χ0n) is 9.58. The third-order valence-corrected chi connectivity index (χ3v) is 2.82. The van der Waals surface area contributed by atoms with Crippen molar-refractivity contribution in [2.45, 2.75) is 25.7 Å². The lowest BCUT2D eigenvalue weighted by Crippen LogP contribution is -2.25. The van der Waals surface area contributed by atoms with E-state index in [1.807, 2.05) is 19.3 Å². The van der Waals surface area contributed by atoms with Crippen molar-refractivity contribution in [1.82, 2.24) is 15.1 Å². The molecule has 0 aliphatic heterocycles. The number of hydrogen-bond donors (Lipinski definition) is 1. The molecule has 1 aromatic rings. The zero-order valence-corrected chi connectivity index (χ0v) is 11.2. The summed E-state index contributed by atoms with van der Waals surface area (Å²) in [6.07, 6.45) is 5.32. The molecule has 0 aliphatic carbocycles. The molecule has 1 heterocycles. The molecule has 5 heteroatoms. The first-order valence-electron chi connectivity index (χ1n) is 5.53. The summed E-state index contributed by atoms with van der Waals surface area (Å²) in [6, 6.07) is 1.97. The molecule has 0 fully saturated rings. The number of hydrogen-bond acceptors (Lipinski definition) is 2. The topological polar surface area (TPSA) is 46.9 Å². The van der Waals surface area contributed by atoms with Gasteiger partial charge in [-0.3, -0.25) is 9.48 Å². The van der Waals surface area contributed by atoms with Gasteiger partial charge in [-0.15, -0.1) is 0 Å². The Kier molecular flexibility index (Phi) is 6.15. The van der Waals surface area contributed by atoms with Gasteiger partial charge >= 0.3 is 0 Å². The Labute approximate surface area is 105 Å². The van der Waals surface area contributed by atoms with Gasteiger partial charge in [0.05, 0.1) is 5.69 Å². The molecule has 1 rings (SSSR count). The Hall–Kier alpha value is -0.840. The second-order valence-corrected chi connectivity index (χ2v) is 4.52. The van der Waals surface area contributed by atoms with E-state index in [1.54, 1.807) is 4.68 Å². The van der Waals surface area contributed by atoms with Crippen molar-refractivity contribution in [3.05, 3.63) is 18.0 Å². The highest BCUT2D eigenvalue weighted by Crippen LogP contribution is 1.98. The van der Waals surface area contributed by atoms with Crippen LogP contribution >= 0.6 is 15.9 Å². The van der Waals surface area contributed by atoms with E-state index in [-0.39, 0.29) is 5.91 Å². The van der Waals surface area contributed by atoms with Crippen molar-refractivity contribution >= 4 is 21.8 Å². The van der Waals surface area contributed by atoms with E-state index in [0.29, 0.717) is 13.0 Å². The summed E-state index contributed by atoms with van der Waals surface area (Å²) in [5.74, 6) is 0.136. The highest BCUT2D eigenvalue weighted by Gasteiger charge is 2.01. The molecule has 0 saturated heterocycles. The van der Waals surface area contributed by atoms with Crippen LogP contribution in [0.4, 0.5) is 0 Å². The van der Waals surface area contributed by atoms with E-state index in [0.717, 1.165) is 30.3 Å². The molecule has 1 N–H and O–H groups in total. The van der Waals surface area contributed by atoms with Crippen molar-refractivity contribution in [2.24, 2.45) is 7.05 Å². The lowest BCUT2D eigenvalue weighted by atomic mass is 10.2. The molecule has 0 aromatic carbocycles. The molecule has 0 spiro atoms. The number of aromatic nitrogens is 2. The van der Waals surface area contributed by atoms with Crippen molar-refractivity contribution in [3.8, 4) is 0 Å². The fraction of sp³-hybridized carbons (Fsp3) is 0.636.